The smallest absolute Gasteiger partial charge is 0.237 e. The molecule has 0 heterocycles. The number of benzene rings is 1. The second kappa shape index (κ2) is 10.7. The maximum atomic E-state index is 13.9. The fourth-order valence-electron chi connectivity index (χ4n) is 2.98. The summed E-state index contributed by atoms with van der Waals surface area (Å²) in [5, 5.41) is 0. The van der Waals surface area contributed by atoms with Crippen molar-refractivity contribution in [3.05, 3.63) is 53.5 Å². The highest BCUT2D eigenvalue weighted by atomic mass is 19.1. The molecule has 0 amide bonds. The monoisotopic (exact) mass is 346 g/mol. The van der Waals surface area contributed by atoms with E-state index < -0.39 is 0 Å². The molecule has 2 N–H and O–H groups in total. The van der Waals surface area contributed by atoms with Gasteiger partial charge in [-0.2, -0.15) is 0 Å². The van der Waals surface area contributed by atoms with Crippen molar-refractivity contribution in [3.8, 4) is 0 Å². The molecular weight excluding hydrogens is 315 g/mol. The minimum absolute atomic E-state index is 0.289. The Morgan fingerprint density at radius 1 is 1.24 bits per heavy atom. The van der Waals surface area contributed by atoms with Crippen molar-refractivity contribution in [2.24, 2.45) is 16.6 Å². The molecule has 3 nitrogen and oxygen atoms in total. The molecule has 25 heavy (non-hydrogen) atoms. The molecule has 0 spiro atoms. The third-order valence-corrected chi connectivity index (χ3v) is 4.29. The predicted molar refractivity (Wildman–Crippen MR) is 105 cm³/mol. The summed E-state index contributed by atoms with van der Waals surface area (Å²) in [6, 6.07) is 6.40. The van der Waals surface area contributed by atoms with Gasteiger partial charge in [0.05, 0.1) is 18.5 Å². The molecule has 0 saturated heterocycles. The summed E-state index contributed by atoms with van der Waals surface area (Å²) in [6.45, 7) is 10.3. The number of aliphatic imine (C=N–C) groups is 1. The van der Waals surface area contributed by atoms with Crippen LogP contribution in [0.3, 0.4) is 0 Å². The molecule has 1 aromatic carbocycles. The lowest BCUT2D eigenvalue weighted by Crippen LogP contribution is -2.17. The van der Waals surface area contributed by atoms with Gasteiger partial charge in [-0.1, -0.05) is 58.2 Å². The van der Waals surface area contributed by atoms with Crippen LogP contribution in [0.5, 0.6) is 0 Å². The fourth-order valence-corrected chi connectivity index (χ4v) is 2.98. The van der Waals surface area contributed by atoms with Crippen molar-refractivity contribution < 1.29 is 9.13 Å². The van der Waals surface area contributed by atoms with Gasteiger partial charge in [-0.3, -0.25) is 0 Å². The van der Waals surface area contributed by atoms with Gasteiger partial charge >= 0.3 is 0 Å². The van der Waals surface area contributed by atoms with Gasteiger partial charge in [0, 0.05) is 5.56 Å². The van der Waals surface area contributed by atoms with Gasteiger partial charge in [0.15, 0.2) is 0 Å². The maximum absolute atomic E-state index is 13.9. The van der Waals surface area contributed by atoms with Crippen LogP contribution in [0.1, 0.15) is 58.4 Å². The number of nitrogens with zero attached hydrogens (tertiary/aromatic N) is 1. The number of hydrogen-bond acceptors (Lipinski definition) is 3. The molecule has 0 saturated carbocycles. The summed E-state index contributed by atoms with van der Waals surface area (Å²) in [7, 11) is 1.52. The quantitative estimate of drug-likeness (QED) is 0.462. The summed E-state index contributed by atoms with van der Waals surface area (Å²) < 4.78 is 19.2. The lowest BCUT2D eigenvalue weighted by Gasteiger charge is -2.17. The minimum Gasteiger partial charge on any atom is -0.480 e. The van der Waals surface area contributed by atoms with Gasteiger partial charge < -0.3 is 10.5 Å². The summed E-state index contributed by atoms with van der Waals surface area (Å²) in [5.41, 5.74) is 8.47. The van der Waals surface area contributed by atoms with E-state index in [1.807, 2.05) is 6.92 Å². The molecule has 4 heteroatoms. The van der Waals surface area contributed by atoms with Gasteiger partial charge in [-0.15, -0.1) is 0 Å². The van der Waals surface area contributed by atoms with E-state index in [0.717, 1.165) is 24.8 Å². The molecule has 0 aliphatic carbocycles. The first-order chi connectivity index (χ1) is 11.9. The Morgan fingerprint density at radius 2 is 1.84 bits per heavy atom. The number of methoxy groups -OCH3 is 1. The SMILES string of the molecule is C=C(N=C(OC)/C(N)=C(/C)CC(CCC)CCC)c1ccccc1F. The molecule has 1 aromatic rings. The molecule has 0 unspecified atom stereocenters. The van der Waals surface area contributed by atoms with Crippen LogP contribution in [0, 0.1) is 11.7 Å². The molecule has 0 aromatic heterocycles. The molecule has 0 aliphatic rings. The van der Waals surface area contributed by atoms with Crippen LogP contribution in [0.25, 0.3) is 5.70 Å². The zero-order valence-corrected chi connectivity index (χ0v) is 15.9. The van der Waals surface area contributed by atoms with Gasteiger partial charge in [0.1, 0.15) is 5.82 Å². The number of halogens is 1. The van der Waals surface area contributed by atoms with E-state index in [2.05, 4.69) is 25.4 Å². The highest BCUT2D eigenvalue weighted by Crippen LogP contribution is 2.24. The van der Waals surface area contributed by atoms with Crippen LogP contribution >= 0.6 is 0 Å². The fraction of sp³-hybridized carbons (Fsp3) is 0.476. The largest absolute Gasteiger partial charge is 0.480 e. The highest BCUT2D eigenvalue weighted by Gasteiger charge is 2.14. The molecule has 0 bridgehead atoms. The summed E-state index contributed by atoms with van der Waals surface area (Å²) >= 11 is 0. The first-order valence-electron chi connectivity index (χ1n) is 8.96. The molecule has 0 atom stereocenters. The van der Waals surface area contributed by atoms with E-state index in [0.29, 0.717) is 22.9 Å². The minimum atomic E-state index is -0.364. The number of nitrogens with two attached hydrogens (primary N) is 1. The van der Waals surface area contributed by atoms with Crippen molar-refractivity contribution in [2.45, 2.75) is 52.9 Å². The Hall–Kier alpha value is -2.10. The van der Waals surface area contributed by atoms with Crippen LogP contribution in [0.15, 0.2) is 47.1 Å². The van der Waals surface area contributed by atoms with Crippen LogP contribution in [0.2, 0.25) is 0 Å². The lowest BCUT2D eigenvalue weighted by atomic mass is 9.91. The van der Waals surface area contributed by atoms with E-state index in [4.69, 9.17) is 10.5 Å². The van der Waals surface area contributed by atoms with E-state index in [9.17, 15) is 4.39 Å². The van der Waals surface area contributed by atoms with E-state index in [-0.39, 0.29) is 11.7 Å². The summed E-state index contributed by atoms with van der Waals surface area (Å²) in [6.07, 6.45) is 5.60. The van der Waals surface area contributed by atoms with E-state index in [1.54, 1.807) is 18.2 Å². The number of rotatable bonds is 9. The van der Waals surface area contributed by atoms with Crippen molar-refractivity contribution in [2.75, 3.05) is 7.11 Å². The van der Waals surface area contributed by atoms with Gasteiger partial charge in [0.25, 0.3) is 0 Å². The Kier molecular flexibility index (Phi) is 8.96. The van der Waals surface area contributed by atoms with E-state index >= 15 is 0 Å². The topological polar surface area (TPSA) is 47.6 Å². The first kappa shape index (κ1) is 20.9. The number of allylic oxidation sites excluding steroid dienone is 1. The van der Waals surface area contributed by atoms with Gasteiger partial charge in [0.2, 0.25) is 5.90 Å². The molecule has 0 aliphatic heterocycles. The predicted octanol–water partition coefficient (Wildman–Crippen LogP) is 5.68. The van der Waals surface area contributed by atoms with Crippen LogP contribution in [0.4, 0.5) is 4.39 Å². The van der Waals surface area contributed by atoms with Crippen LogP contribution in [-0.2, 0) is 4.74 Å². The Labute approximate surface area is 151 Å². The van der Waals surface area contributed by atoms with Crippen LogP contribution in [-0.4, -0.2) is 13.0 Å². The molecule has 0 fully saturated rings. The molecule has 0 radical (unpaired) electrons. The highest BCUT2D eigenvalue weighted by molar-refractivity contribution is 5.96. The second-order valence-corrected chi connectivity index (χ2v) is 6.39. The number of hydrogen-bond donors (Lipinski definition) is 1. The molecule has 138 valence electrons. The van der Waals surface area contributed by atoms with Crippen LogP contribution < -0.4 is 5.73 Å². The summed E-state index contributed by atoms with van der Waals surface area (Å²) in [5.74, 6) is 0.538. The average Bonchev–Trinajstić information content (AvgIpc) is 2.59. The van der Waals surface area contributed by atoms with Gasteiger partial charge in [-0.25, -0.2) is 9.38 Å². The third kappa shape index (κ3) is 6.37. The Morgan fingerprint density at radius 3 is 2.36 bits per heavy atom. The van der Waals surface area contributed by atoms with Crippen molar-refractivity contribution >= 4 is 11.6 Å². The van der Waals surface area contributed by atoms with Crippen molar-refractivity contribution in [1.82, 2.24) is 0 Å². The Balaban J connectivity index is 3.02. The zero-order chi connectivity index (χ0) is 18.8. The molecule has 1 rings (SSSR count). The maximum Gasteiger partial charge on any atom is 0.237 e. The van der Waals surface area contributed by atoms with Gasteiger partial charge in [-0.05, 0) is 37.0 Å². The second-order valence-electron chi connectivity index (χ2n) is 6.39. The number of ether oxygens (including phenoxy) is 1. The first-order valence-corrected chi connectivity index (χ1v) is 8.96. The lowest BCUT2D eigenvalue weighted by molar-refractivity contribution is 0.400. The average molecular weight is 346 g/mol. The van der Waals surface area contributed by atoms with Crippen molar-refractivity contribution in [1.29, 1.82) is 0 Å². The zero-order valence-electron chi connectivity index (χ0n) is 15.9. The standard InChI is InChI=1S/C21H31FN2O/c1-6-10-17(11-7-2)14-15(3)20(23)21(25-5)24-16(4)18-12-8-9-13-19(18)22/h8-9,12-13,17H,4,6-7,10-11,14,23H2,1-3,5H3/b20-15+,24-21?. The normalized spacial score (nSPS) is 13.0. The van der Waals surface area contributed by atoms with Crippen molar-refractivity contribution in [3.63, 3.8) is 0 Å². The Bertz CT molecular complexity index is 629. The van der Waals surface area contributed by atoms with E-state index in [1.165, 1.54) is 26.0 Å². The third-order valence-electron chi connectivity index (χ3n) is 4.29. The summed E-state index contributed by atoms with van der Waals surface area (Å²) in [4.78, 5) is 4.32. The molecular formula is C21H31FN2O.